The highest BCUT2D eigenvalue weighted by Gasteiger charge is 2.15. The maximum absolute atomic E-state index is 12.8. The Morgan fingerprint density at radius 3 is 2.61 bits per heavy atom. The first kappa shape index (κ1) is 22.7. The molecule has 7 heteroatoms. The molecule has 3 rings (SSSR count). The summed E-state index contributed by atoms with van der Waals surface area (Å²) in [6.45, 7) is 10.9. The highest BCUT2D eigenvalue weighted by Crippen LogP contribution is 2.35. The van der Waals surface area contributed by atoms with Crippen LogP contribution in [0.3, 0.4) is 0 Å². The number of hydrazone groups is 1. The van der Waals surface area contributed by atoms with Crippen molar-refractivity contribution in [3.8, 4) is 5.75 Å². The van der Waals surface area contributed by atoms with Crippen LogP contribution in [0.25, 0.3) is 10.2 Å². The third-order valence-corrected chi connectivity index (χ3v) is 6.19. The molecule has 1 aromatic heterocycles. The summed E-state index contributed by atoms with van der Waals surface area (Å²) in [5.74, 6) is 0.640. The van der Waals surface area contributed by atoms with E-state index in [-0.39, 0.29) is 5.91 Å². The Balaban J connectivity index is 1.78. The Morgan fingerprint density at radius 2 is 1.94 bits per heavy atom. The number of thiazole rings is 1. The number of benzene rings is 2. The number of aromatic nitrogens is 1. The summed E-state index contributed by atoms with van der Waals surface area (Å²) >= 11 is 1.54. The number of hydrogen-bond acceptors (Lipinski definition) is 6. The van der Waals surface area contributed by atoms with Gasteiger partial charge in [0.2, 0.25) is 5.13 Å². The van der Waals surface area contributed by atoms with Crippen LogP contribution in [0.2, 0.25) is 0 Å². The molecule has 0 aliphatic carbocycles. The summed E-state index contributed by atoms with van der Waals surface area (Å²) in [5, 5.41) is 8.16. The molecule has 1 heterocycles. The number of carbonyl (C=O) groups excluding carboxylic acids is 1. The Labute approximate surface area is 187 Å². The third kappa shape index (κ3) is 5.61. The van der Waals surface area contributed by atoms with Crippen molar-refractivity contribution in [1.82, 2.24) is 4.98 Å². The molecule has 0 saturated heterocycles. The molecule has 0 bridgehead atoms. The van der Waals surface area contributed by atoms with Crippen molar-refractivity contribution in [3.63, 3.8) is 0 Å². The predicted octanol–water partition coefficient (Wildman–Crippen LogP) is 6.54. The summed E-state index contributed by atoms with van der Waals surface area (Å²) in [5.41, 5.74) is 8.35. The molecule has 2 aromatic carbocycles. The van der Waals surface area contributed by atoms with Crippen LogP contribution in [0.1, 0.15) is 61.5 Å². The van der Waals surface area contributed by atoms with E-state index in [1.807, 2.05) is 39.0 Å². The molecule has 0 fully saturated rings. The Kier molecular flexibility index (Phi) is 7.63. The summed E-state index contributed by atoms with van der Waals surface area (Å²) in [7, 11) is 0. The second-order valence-electron chi connectivity index (χ2n) is 7.55. The number of nitrogens with one attached hydrogen (secondary N) is 2. The number of amides is 1. The fourth-order valence-corrected chi connectivity index (χ4v) is 3.96. The van der Waals surface area contributed by atoms with E-state index in [4.69, 9.17) is 4.74 Å². The number of anilines is 2. The van der Waals surface area contributed by atoms with Gasteiger partial charge in [0.15, 0.2) is 0 Å². The number of nitrogens with zero attached hydrogens (tertiary/aromatic N) is 2. The lowest BCUT2D eigenvalue weighted by atomic mass is 10.1. The molecule has 1 amide bonds. The maximum Gasteiger partial charge on any atom is 0.255 e. The van der Waals surface area contributed by atoms with E-state index in [0.29, 0.717) is 12.2 Å². The minimum Gasteiger partial charge on any atom is -0.494 e. The number of hydrogen-bond donors (Lipinski definition) is 2. The largest absolute Gasteiger partial charge is 0.494 e. The summed E-state index contributed by atoms with van der Waals surface area (Å²) in [6.07, 6.45) is 2.99. The number of ether oxygens (including phenoxy) is 1. The number of unbranched alkanes of at least 4 members (excludes halogenated alkanes) is 1. The molecular formula is C24H30N4O2S. The average molecular weight is 439 g/mol. The second kappa shape index (κ2) is 10.4. The molecule has 0 atom stereocenters. The Bertz CT molecular complexity index is 1090. The van der Waals surface area contributed by atoms with Gasteiger partial charge in [-0.25, -0.2) is 4.98 Å². The predicted molar refractivity (Wildman–Crippen MR) is 131 cm³/mol. The monoisotopic (exact) mass is 438 g/mol. The van der Waals surface area contributed by atoms with Crippen LogP contribution in [-0.2, 0) is 0 Å². The van der Waals surface area contributed by atoms with Crippen molar-refractivity contribution < 1.29 is 9.53 Å². The van der Waals surface area contributed by atoms with E-state index in [9.17, 15) is 4.79 Å². The Hall–Kier alpha value is -2.93. The van der Waals surface area contributed by atoms with Crippen LogP contribution < -0.4 is 15.5 Å². The quantitative estimate of drug-likeness (QED) is 0.226. The zero-order chi connectivity index (χ0) is 22.4. The molecule has 6 nitrogen and oxygen atoms in total. The zero-order valence-electron chi connectivity index (χ0n) is 18.8. The van der Waals surface area contributed by atoms with Gasteiger partial charge in [-0.05, 0) is 75.1 Å². The summed E-state index contributed by atoms with van der Waals surface area (Å²) in [4.78, 5) is 17.5. The molecule has 164 valence electrons. The van der Waals surface area contributed by atoms with Crippen LogP contribution in [0.15, 0.2) is 35.4 Å². The van der Waals surface area contributed by atoms with Gasteiger partial charge >= 0.3 is 0 Å². The molecule has 0 saturated carbocycles. The van der Waals surface area contributed by atoms with Gasteiger partial charge in [-0.3, -0.25) is 10.2 Å². The lowest BCUT2D eigenvalue weighted by Crippen LogP contribution is -2.13. The molecule has 2 N–H and O–H groups in total. The SMILES string of the molecule is CCCCOc1ccc(C(=O)Nc2c(C)cc3nc(N/N=C(/C)CC)sc3c2C)cc1. The molecule has 0 spiro atoms. The van der Waals surface area contributed by atoms with E-state index in [1.165, 1.54) is 11.3 Å². The zero-order valence-corrected chi connectivity index (χ0v) is 19.7. The van der Waals surface area contributed by atoms with Crippen molar-refractivity contribution >= 4 is 44.0 Å². The minimum atomic E-state index is -0.142. The van der Waals surface area contributed by atoms with Gasteiger partial charge in [-0.15, -0.1) is 0 Å². The normalized spacial score (nSPS) is 11.6. The van der Waals surface area contributed by atoms with Crippen LogP contribution in [0, 0.1) is 13.8 Å². The van der Waals surface area contributed by atoms with Crippen molar-refractivity contribution in [2.75, 3.05) is 17.3 Å². The first-order valence-corrected chi connectivity index (χ1v) is 11.5. The van der Waals surface area contributed by atoms with Crippen molar-refractivity contribution in [2.45, 2.75) is 53.9 Å². The van der Waals surface area contributed by atoms with Crippen LogP contribution in [0.5, 0.6) is 5.75 Å². The van der Waals surface area contributed by atoms with Crippen molar-refractivity contribution in [3.05, 3.63) is 47.0 Å². The van der Waals surface area contributed by atoms with Crippen LogP contribution >= 0.6 is 11.3 Å². The third-order valence-electron chi connectivity index (χ3n) is 5.09. The summed E-state index contributed by atoms with van der Waals surface area (Å²) in [6, 6.07) is 9.27. The minimum absolute atomic E-state index is 0.142. The first-order valence-electron chi connectivity index (χ1n) is 10.7. The average Bonchev–Trinajstić information content (AvgIpc) is 3.18. The first-order chi connectivity index (χ1) is 14.9. The van der Waals surface area contributed by atoms with Crippen LogP contribution in [0.4, 0.5) is 10.8 Å². The highest BCUT2D eigenvalue weighted by molar-refractivity contribution is 7.22. The molecule has 0 radical (unpaired) electrons. The van der Waals surface area contributed by atoms with Crippen LogP contribution in [-0.4, -0.2) is 23.2 Å². The van der Waals surface area contributed by atoms with E-state index >= 15 is 0 Å². The Morgan fingerprint density at radius 1 is 1.19 bits per heavy atom. The van der Waals surface area contributed by atoms with E-state index < -0.39 is 0 Å². The van der Waals surface area contributed by atoms with Gasteiger partial charge in [-0.2, -0.15) is 5.10 Å². The molecule has 0 aliphatic heterocycles. The molecule has 0 aliphatic rings. The summed E-state index contributed by atoms with van der Waals surface area (Å²) < 4.78 is 6.71. The maximum atomic E-state index is 12.8. The van der Waals surface area contributed by atoms with E-state index in [1.54, 1.807) is 12.1 Å². The smallest absolute Gasteiger partial charge is 0.255 e. The lowest BCUT2D eigenvalue weighted by molar-refractivity contribution is 0.102. The van der Waals surface area contributed by atoms with Gasteiger partial charge in [0.05, 0.1) is 16.8 Å². The molecule has 0 unspecified atom stereocenters. The topological polar surface area (TPSA) is 75.6 Å². The fraction of sp³-hybridized carbons (Fsp3) is 0.375. The van der Waals surface area contributed by atoms with Gasteiger partial charge in [-0.1, -0.05) is 31.6 Å². The van der Waals surface area contributed by atoms with E-state index in [2.05, 4.69) is 34.7 Å². The van der Waals surface area contributed by atoms with Crippen molar-refractivity contribution in [2.24, 2.45) is 5.10 Å². The van der Waals surface area contributed by atoms with Gasteiger partial charge in [0.1, 0.15) is 5.75 Å². The molecule has 3 aromatic rings. The van der Waals surface area contributed by atoms with Crippen molar-refractivity contribution in [1.29, 1.82) is 0 Å². The molecular weight excluding hydrogens is 408 g/mol. The highest BCUT2D eigenvalue weighted by atomic mass is 32.1. The molecule has 31 heavy (non-hydrogen) atoms. The van der Waals surface area contributed by atoms with E-state index in [0.717, 1.165) is 62.9 Å². The number of fused-ring (bicyclic) bond motifs is 1. The van der Waals surface area contributed by atoms with Gasteiger partial charge < -0.3 is 10.1 Å². The van der Waals surface area contributed by atoms with Gasteiger partial charge in [0, 0.05) is 17.0 Å². The van der Waals surface area contributed by atoms with Gasteiger partial charge in [0.25, 0.3) is 5.91 Å². The number of rotatable bonds is 9. The number of aryl methyl sites for hydroxylation is 2. The number of carbonyl (C=O) groups is 1. The lowest BCUT2D eigenvalue weighted by Gasteiger charge is -2.13. The fourth-order valence-electron chi connectivity index (χ4n) is 3.07. The second-order valence-corrected chi connectivity index (χ2v) is 8.55. The standard InChI is InChI=1S/C24H30N4O2S/c1-6-8-13-30-19-11-9-18(10-12-19)23(29)26-21-15(3)14-20-22(17(21)5)31-24(25-20)28-27-16(4)7-2/h9-12,14H,6-8,13H2,1-5H3,(H,25,28)(H,26,29)/b27-16-.